The van der Waals surface area contributed by atoms with Crippen LogP contribution < -0.4 is 0 Å². The highest BCUT2D eigenvalue weighted by Gasteiger charge is 2.26. The summed E-state index contributed by atoms with van der Waals surface area (Å²) in [6.45, 7) is 6.67. The molecule has 1 amide bonds. The molecule has 1 aromatic carbocycles. The van der Waals surface area contributed by atoms with E-state index in [1.807, 2.05) is 6.07 Å². The van der Waals surface area contributed by atoms with Gasteiger partial charge in [-0.2, -0.15) is 0 Å². The van der Waals surface area contributed by atoms with Crippen molar-refractivity contribution in [3.8, 4) is 0 Å². The normalized spacial score (nSPS) is 17.7. The van der Waals surface area contributed by atoms with Crippen LogP contribution in [0.1, 0.15) is 39.2 Å². The summed E-state index contributed by atoms with van der Waals surface area (Å²) in [6.07, 6.45) is 1.02. The maximum Gasteiger partial charge on any atom is 0.222 e. The van der Waals surface area contributed by atoms with Crippen LogP contribution in [0.25, 0.3) is 0 Å². The summed E-state index contributed by atoms with van der Waals surface area (Å²) in [5.74, 6) is 0.115. The highest BCUT2D eigenvalue weighted by atomic mass is 35.5. The number of halogens is 2. The summed E-state index contributed by atoms with van der Waals surface area (Å²) in [4.78, 5) is 19.4. The van der Waals surface area contributed by atoms with E-state index in [0.29, 0.717) is 29.4 Å². The molecule has 4 nitrogen and oxygen atoms in total. The predicted octanol–water partition coefficient (Wildman–Crippen LogP) is 4.38. The van der Waals surface area contributed by atoms with Gasteiger partial charge in [0.25, 0.3) is 0 Å². The van der Waals surface area contributed by atoms with Gasteiger partial charge in [0.2, 0.25) is 5.91 Å². The predicted molar refractivity (Wildman–Crippen MR) is 94.2 cm³/mol. The van der Waals surface area contributed by atoms with Gasteiger partial charge >= 0.3 is 0 Å². The maximum atomic E-state index is 12.2. The van der Waals surface area contributed by atoms with Gasteiger partial charge in [0.1, 0.15) is 0 Å². The zero-order chi connectivity index (χ0) is 17.2. The Kier molecular flexibility index (Phi) is 5.58. The number of carbonyl (C=O) groups excluding carboxylic acids is 1. The van der Waals surface area contributed by atoms with Crippen LogP contribution in [0.15, 0.2) is 23.4 Å². The van der Waals surface area contributed by atoms with Gasteiger partial charge in [0, 0.05) is 25.5 Å². The number of likely N-dealkylation sites (N-methyl/N-ethyl adjacent to an activating group) is 1. The average Bonchev–Trinajstić information content (AvgIpc) is 2.88. The lowest BCUT2D eigenvalue weighted by molar-refractivity contribution is -0.133. The van der Waals surface area contributed by atoms with Crippen LogP contribution in [0.5, 0.6) is 0 Å². The third-order valence-electron chi connectivity index (χ3n) is 3.57. The van der Waals surface area contributed by atoms with Gasteiger partial charge in [-0.3, -0.25) is 4.79 Å². The topological polar surface area (TPSA) is 41.9 Å². The molecule has 0 saturated carbocycles. The smallest absolute Gasteiger partial charge is 0.222 e. The van der Waals surface area contributed by atoms with Crippen molar-refractivity contribution in [2.75, 3.05) is 13.6 Å². The summed E-state index contributed by atoms with van der Waals surface area (Å²) in [5.41, 5.74) is 1.69. The Morgan fingerprint density at radius 3 is 2.65 bits per heavy atom. The number of hydrogen-bond acceptors (Lipinski definition) is 3. The van der Waals surface area contributed by atoms with Crippen LogP contribution in [-0.2, 0) is 9.63 Å². The van der Waals surface area contributed by atoms with Gasteiger partial charge in [-0.1, -0.05) is 55.2 Å². The quantitative estimate of drug-likeness (QED) is 0.802. The molecular formula is C17H22Cl2N2O2. The minimum atomic E-state index is -0.131. The fraction of sp³-hybridized carbons (Fsp3) is 0.529. The van der Waals surface area contributed by atoms with Crippen molar-refractivity contribution < 1.29 is 9.63 Å². The first-order valence-corrected chi connectivity index (χ1v) is 8.33. The molecule has 1 heterocycles. The van der Waals surface area contributed by atoms with Gasteiger partial charge in [-0.15, -0.1) is 0 Å². The lowest BCUT2D eigenvalue weighted by Gasteiger charge is -2.24. The Morgan fingerprint density at radius 1 is 1.35 bits per heavy atom. The second kappa shape index (κ2) is 7.10. The van der Waals surface area contributed by atoms with Crippen LogP contribution in [0.3, 0.4) is 0 Å². The first kappa shape index (κ1) is 18.1. The largest absolute Gasteiger partial charge is 0.390 e. The van der Waals surface area contributed by atoms with Gasteiger partial charge in [0.05, 0.1) is 22.3 Å². The van der Waals surface area contributed by atoms with E-state index in [9.17, 15) is 4.79 Å². The Balaban J connectivity index is 1.91. The van der Waals surface area contributed by atoms with Crippen molar-refractivity contribution in [1.29, 1.82) is 0 Å². The molecular weight excluding hydrogens is 335 g/mol. The van der Waals surface area contributed by atoms with E-state index >= 15 is 0 Å². The molecule has 1 aromatic rings. The number of benzene rings is 1. The molecule has 1 atom stereocenters. The third kappa shape index (κ3) is 5.11. The molecule has 0 aromatic heterocycles. The lowest BCUT2D eigenvalue weighted by atomic mass is 9.91. The second-order valence-electron chi connectivity index (χ2n) is 7.11. The maximum absolute atomic E-state index is 12.2. The molecule has 1 aliphatic rings. The standard InChI is InChI=1S/C17H22Cl2N2O2/c1-17(2,3)9-16(22)21(4)10-12-8-15(20-23-12)11-5-6-13(18)14(19)7-11/h5-7,12H,8-10H2,1-4H3. The minimum Gasteiger partial charge on any atom is -0.390 e. The van der Waals surface area contributed by atoms with Crippen molar-refractivity contribution in [2.45, 2.75) is 39.7 Å². The monoisotopic (exact) mass is 356 g/mol. The molecule has 0 saturated heterocycles. The molecule has 6 heteroatoms. The highest BCUT2D eigenvalue weighted by Crippen LogP contribution is 2.26. The first-order chi connectivity index (χ1) is 10.7. The summed E-state index contributed by atoms with van der Waals surface area (Å²) < 4.78 is 0. The van der Waals surface area contributed by atoms with Gasteiger partial charge in [-0.25, -0.2) is 0 Å². The van der Waals surface area contributed by atoms with Crippen molar-refractivity contribution in [3.05, 3.63) is 33.8 Å². The van der Waals surface area contributed by atoms with Gasteiger partial charge in [-0.05, 0) is 17.5 Å². The summed E-state index contributed by atoms with van der Waals surface area (Å²) in [7, 11) is 1.80. The number of oxime groups is 1. The molecule has 2 rings (SSSR count). The molecule has 0 fully saturated rings. The van der Waals surface area contributed by atoms with E-state index in [2.05, 4.69) is 25.9 Å². The Hall–Kier alpha value is -1.26. The molecule has 0 bridgehead atoms. The minimum absolute atomic E-state index is 0.0242. The van der Waals surface area contributed by atoms with Crippen LogP contribution in [-0.4, -0.2) is 36.2 Å². The number of hydrogen-bond donors (Lipinski definition) is 0. The van der Waals surface area contributed by atoms with Gasteiger partial charge < -0.3 is 9.74 Å². The number of rotatable bonds is 4. The van der Waals surface area contributed by atoms with E-state index in [1.54, 1.807) is 24.1 Å². The lowest BCUT2D eigenvalue weighted by Crippen LogP contribution is -2.36. The van der Waals surface area contributed by atoms with Crippen LogP contribution in [0.2, 0.25) is 10.0 Å². The Labute approximate surface area is 147 Å². The number of carbonyl (C=O) groups is 1. The molecule has 0 N–H and O–H groups in total. The van der Waals surface area contributed by atoms with E-state index in [4.69, 9.17) is 28.0 Å². The van der Waals surface area contributed by atoms with E-state index in [-0.39, 0.29) is 17.4 Å². The first-order valence-electron chi connectivity index (χ1n) is 7.58. The van der Waals surface area contributed by atoms with Crippen molar-refractivity contribution >= 4 is 34.8 Å². The Bertz CT molecular complexity index is 624. The fourth-order valence-corrected chi connectivity index (χ4v) is 2.67. The van der Waals surface area contributed by atoms with Crippen molar-refractivity contribution in [3.63, 3.8) is 0 Å². The molecule has 0 radical (unpaired) electrons. The van der Waals surface area contributed by atoms with Crippen LogP contribution >= 0.6 is 23.2 Å². The van der Waals surface area contributed by atoms with Crippen LogP contribution in [0.4, 0.5) is 0 Å². The van der Waals surface area contributed by atoms with E-state index < -0.39 is 0 Å². The summed E-state index contributed by atoms with van der Waals surface area (Å²) in [6, 6.07) is 5.39. The summed E-state index contributed by atoms with van der Waals surface area (Å²) >= 11 is 12.0. The highest BCUT2D eigenvalue weighted by molar-refractivity contribution is 6.42. The molecule has 126 valence electrons. The SMILES string of the molecule is CN(CC1CC(c2ccc(Cl)c(Cl)c2)=NO1)C(=O)CC(C)(C)C. The number of nitrogens with zero attached hydrogens (tertiary/aromatic N) is 2. The number of amides is 1. The molecule has 0 spiro atoms. The van der Waals surface area contributed by atoms with Crippen molar-refractivity contribution in [2.24, 2.45) is 10.6 Å². The van der Waals surface area contributed by atoms with E-state index in [0.717, 1.165) is 11.3 Å². The van der Waals surface area contributed by atoms with E-state index in [1.165, 1.54) is 0 Å². The molecule has 0 aliphatic carbocycles. The Morgan fingerprint density at radius 2 is 2.04 bits per heavy atom. The zero-order valence-electron chi connectivity index (χ0n) is 13.9. The van der Waals surface area contributed by atoms with Gasteiger partial charge in [0.15, 0.2) is 6.10 Å². The third-order valence-corrected chi connectivity index (χ3v) is 4.31. The van der Waals surface area contributed by atoms with Crippen molar-refractivity contribution in [1.82, 2.24) is 4.90 Å². The fourth-order valence-electron chi connectivity index (χ4n) is 2.37. The second-order valence-corrected chi connectivity index (χ2v) is 7.92. The molecule has 1 unspecified atom stereocenters. The average molecular weight is 357 g/mol. The molecule has 1 aliphatic heterocycles. The van der Waals surface area contributed by atoms with Crippen LogP contribution in [0, 0.1) is 5.41 Å². The molecule has 23 heavy (non-hydrogen) atoms. The zero-order valence-corrected chi connectivity index (χ0v) is 15.4. The summed E-state index contributed by atoms with van der Waals surface area (Å²) in [5, 5.41) is 5.13.